The first-order chi connectivity index (χ1) is 9.76. The number of aromatic nitrogens is 2. The second-order valence-electron chi connectivity index (χ2n) is 5.12. The summed E-state index contributed by atoms with van der Waals surface area (Å²) in [6, 6.07) is 14.4. The van der Waals surface area contributed by atoms with Crippen molar-refractivity contribution in [2.45, 2.75) is 13.3 Å². The fourth-order valence-corrected chi connectivity index (χ4v) is 2.16. The van der Waals surface area contributed by atoms with Crippen LogP contribution in [0.25, 0.3) is 22.2 Å². The van der Waals surface area contributed by atoms with Crippen LogP contribution in [0.4, 0.5) is 0 Å². The number of nitrogens with two attached hydrogens (primary N) is 1. The van der Waals surface area contributed by atoms with Crippen LogP contribution >= 0.6 is 0 Å². The summed E-state index contributed by atoms with van der Waals surface area (Å²) in [6.07, 6.45) is 0.719. The van der Waals surface area contributed by atoms with E-state index in [1.165, 1.54) is 10.8 Å². The van der Waals surface area contributed by atoms with Gasteiger partial charge in [-0.05, 0) is 29.3 Å². The summed E-state index contributed by atoms with van der Waals surface area (Å²) in [5.41, 5.74) is 6.58. The van der Waals surface area contributed by atoms with Gasteiger partial charge >= 0.3 is 0 Å². The Morgan fingerprint density at radius 3 is 2.75 bits per heavy atom. The van der Waals surface area contributed by atoms with Gasteiger partial charge in [0.05, 0.1) is 0 Å². The highest BCUT2D eigenvalue weighted by molar-refractivity contribution is 5.86. The van der Waals surface area contributed by atoms with Gasteiger partial charge in [0.1, 0.15) is 0 Å². The van der Waals surface area contributed by atoms with E-state index in [1.807, 2.05) is 18.2 Å². The fraction of sp³-hybridized carbons (Fsp3) is 0.250. The molecule has 2 aromatic carbocycles. The van der Waals surface area contributed by atoms with Crippen LogP contribution < -0.4 is 5.73 Å². The van der Waals surface area contributed by atoms with Gasteiger partial charge in [0, 0.05) is 12.0 Å². The summed E-state index contributed by atoms with van der Waals surface area (Å²) < 4.78 is 5.29. The molecule has 0 spiro atoms. The average Bonchev–Trinajstić information content (AvgIpc) is 2.95. The van der Waals surface area contributed by atoms with Gasteiger partial charge < -0.3 is 10.3 Å². The Hall–Kier alpha value is -2.20. The van der Waals surface area contributed by atoms with E-state index in [0.29, 0.717) is 24.2 Å². The van der Waals surface area contributed by atoms with E-state index in [1.54, 1.807) is 0 Å². The Bertz CT molecular complexity index is 720. The molecular weight excluding hydrogens is 250 g/mol. The number of hydrogen-bond donors (Lipinski definition) is 1. The molecule has 0 fully saturated rings. The zero-order chi connectivity index (χ0) is 13.9. The number of benzene rings is 2. The molecule has 4 nitrogen and oxygen atoms in total. The van der Waals surface area contributed by atoms with E-state index >= 15 is 0 Å². The molecule has 0 radical (unpaired) electrons. The zero-order valence-corrected chi connectivity index (χ0v) is 11.4. The fourth-order valence-electron chi connectivity index (χ4n) is 2.16. The van der Waals surface area contributed by atoms with Gasteiger partial charge in [-0.2, -0.15) is 4.98 Å². The topological polar surface area (TPSA) is 64.9 Å². The molecule has 3 rings (SSSR count). The largest absolute Gasteiger partial charge is 0.339 e. The first-order valence-corrected chi connectivity index (χ1v) is 6.78. The van der Waals surface area contributed by atoms with Crippen molar-refractivity contribution in [3.63, 3.8) is 0 Å². The number of rotatable bonds is 4. The van der Waals surface area contributed by atoms with Crippen molar-refractivity contribution in [1.29, 1.82) is 0 Å². The van der Waals surface area contributed by atoms with Gasteiger partial charge in [0.25, 0.3) is 0 Å². The first kappa shape index (κ1) is 12.8. The summed E-state index contributed by atoms with van der Waals surface area (Å²) in [5.74, 6) is 1.63. The molecule has 0 bridgehead atoms. The van der Waals surface area contributed by atoms with Crippen LogP contribution in [0.1, 0.15) is 12.8 Å². The van der Waals surface area contributed by atoms with E-state index in [4.69, 9.17) is 10.3 Å². The lowest BCUT2D eigenvalue weighted by molar-refractivity contribution is 0.360. The molecule has 3 aromatic rings. The predicted octanol–water partition coefficient (Wildman–Crippen LogP) is 3.03. The molecule has 102 valence electrons. The highest BCUT2D eigenvalue weighted by Crippen LogP contribution is 2.22. The number of hydrogen-bond acceptors (Lipinski definition) is 4. The Labute approximate surface area is 117 Å². The van der Waals surface area contributed by atoms with Crippen LogP contribution in [-0.2, 0) is 6.42 Å². The molecule has 1 unspecified atom stereocenters. The average molecular weight is 267 g/mol. The highest BCUT2D eigenvalue weighted by Gasteiger charge is 2.11. The molecule has 0 saturated heterocycles. The van der Waals surface area contributed by atoms with Gasteiger partial charge in [-0.15, -0.1) is 0 Å². The normalized spacial score (nSPS) is 12.7. The molecule has 0 aliphatic carbocycles. The van der Waals surface area contributed by atoms with Crippen molar-refractivity contribution >= 4 is 10.8 Å². The van der Waals surface area contributed by atoms with Gasteiger partial charge in [0.2, 0.25) is 11.7 Å². The third-order valence-corrected chi connectivity index (χ3v) is 3.40. The minimum atomic E-state index is 0.347. The van der Waals surface area contributed by atoms with Gasteiger partial charge in [-0.25, -0.2) is 0 Å². The van der Waals surface area contributed by atoms with Crippen LogP contribution in [0.5, 0.6) is 0 Å². The van der Waals surface area contributed by atoms with Crippen molar-refractivity contribution in [1.82, 2.24) is 10.1 Å². The van der Waals surface area contributed by atoms with Crippen molar-refractivity contribution in [2.75, 3.05) is 6.54 Å². The van der Waals surface area contributed by atoms with Crippen LogP contribution in [0.2, 0.25) is 0 Å². The third-order valence-electron chi connectivity index (χ3n) is 3.40. The molecule has 2 N–H and O–H groups in total. The van der Waals surface area contributed by atoms with Crippen molar-refractivity contribution in [3.05, 3.63) is 48.4 Å². The molecular formula is C16H17N3O. The van der Waals surface area contributed by atoms with E-state index in [0.717, 1.165) is 12.0 Å². The second-order valence-corrected chi connectivity index (χ2v) is 5.12. The highest BCUT2D eigenvalue weighted by atomic mass is 16.5. The molecule has 20 heavy (non-hydrogen) atoms. The minimum absolute atomic E-state index is 0.347. The zero-order valence-electron chi connectivity index (χ0n) is 11.4. The molecule has 0 amide bonds. The van der Waals surface area contributed by atoms with Crippen LogP contribution in [0.3, 0.4) is 0 Å². The monoisotopic (exact) mass is 267 g/mol. The lowest BCUT2D eigenvalue weighted by Crippen LogP contribution is -2.13. The summed E-state index contributed by atoms with van der Waals surface area (Å²) >= 11 is 0. The van der Waals surface area contributed by atoms with Crippen molar-refractivity contribution < 1.29 is 4.52 Å². The summed E-state index contributed by atoms with van der Waals surface area (Å²) in [4.78, 5) is 4.44. The number of fused-ring (bicyclic) bond motifs is 1. The lowest BCUT2D eigenvalue weighted by Gasteiger charge is -2.02. The summed E-state index contributed by atoms with van der Waals surface area (Å²) in [6.45, 7) is 2.69. The molecule has 0 aliphatic heterocycles. The molecule has 4 heteroatoms. The standard InChI is InChI=1S/C16H17N3O/c1-11(10-17)8-15-18-16(19-20-15)14-7-6-12-4-2-3-5-13(12)9-14/h2-7,9,11H,8,10,17H2,1H3. The Morgan fingerprint density at radius 1 is 1.15 bits per heavy atom. The van der Waals surface area contributed by atoms with E-state index in [2.05, 4.69) is 41.3 Å². The SMILES string of the molecule is CC(CN)Cc1nc(-c2ccc3ccccc3c2)no1. The van der Waals surface area contributed by atoms with Gasteiger partial charge in [-0.3, -0.25) is 0 Å². The van der Waals surface area contributed by atoms with Crippen LogP contribution in [0, 0.1) is 5.92 Å². The van der Waals surface area contributed by atoms with Gasteiger partial charge in [-0.1, -0.05) is 48.5 Å². The maximum absolute atomic E-state index is 5.61. The molecule has 1 aromatic heterocycles. The van der Waals surface area contributed by atoms with E-state index in [-0.39, 0.29) is 0 Å². The van der Waals surface area contributed by atoms with Crippen molar-refractivity contribution in [3.8, 4) is 11.4 Å². The summed E-state index contributed by atoms with van der Waals surface area (Å²) in [5, 5.41) is 6.43. The second kappa shape index (κ2) is 5.43. The van der Waals surface area contributed by atoms with Gasteiger partial charge in [0.15, 0.2) is 0 Å². The molecule has 1 heterocycles. The number of nitrogens with zero attached hydrogens (tertiary/aromatic N) is 2. The van der Waals surface area contributed by atoms with E-state index < -0.39 is 0 Å². The predicted molar refractivity (Wildman–Crippen MR) is 79.2 cm³/mol. The quantitative estimate of drug-likeness (QED) is 0.789. The van der Waals surface area contributed by atoms with Crippen LogP contribution in [-0.4, -0.2) is 16.7 Å². The molecule has 0 saturated carbocycles. The van der Waals surface area contributed by atoms with E-state index in [9.17, 15) is 0 Å². The molecule has 0 aliphatic rings. The molecule has 1 atom stereocenters. The summed E-state index contributed by atoms with van der Waals surface area (Å²) in [7, 11) is 0. The third kappa shape index (κ3) is 2.56. The maximum Gasteiger partial charge on any atom is 0.227 e. The smallest absolute Gasteiger partial charge is 0.227 e. The van der Waals surface area contributed by atoms with Crippen molar-refractivity contribution in [2.24, 2.45) is 11.7 Å². The Kier molecular flexibility index (Phi) is 3.48. The maximum atomic E-state index is 5.61. The Balaban J connectivity index is 1.91. The minimum Gasteiger partial charge on any atom is -0.339 e. The van der Waals surface area contributed by atoms with Crippen LogP contribution in [0.15, 0.2) is 47.0 Å². The Morgan fingerprint density at radius 2 is 1.95 bits per heavy atom. The first-order valence-electron chi connectivity index (χ1n) is 6.78. The lowest BCUT2D eigenvalue weighted by atomic mass is 10.1.